The highest BCUT2D eigenvalue weighted by Gasteiger charge is 2.57. The van der Waals surface area contributed by atoms with Gasteiger partial charge in [0.1, 0.15) is 11.2 Å². The van der Waals surface area contributed by atoms with E-state index < -0.39 is 11.4 Å². The molecule has 2 bridgehead atoms. The molecule has 1 aromatic rings. The lowest BCUT2D eigenvalue weighted by atomic mass is 9.70. The first-order chi connectivity index (χ1) is 9.55. The molecule has 1 N–H and O–H groups in total. The van der Waals surface area contributed by atoms with Crippen LogP contribution < -0.4 is 4.74 Å². The van der Waals surface area contributed by atoms with E-state index in [2.05, 4.69) is 15.9 Å². The average molecular weight is 341 g/mol. The summed E-state index contributed by atoms with van der Waals surface area (Å²) >= 11 is 3.45. The number of carbonyl (C=O) groups is 1. The van der Waals surface area contributed by atoms with E-state index in [0.29, 0.717) is 12.8 Å². The largest absolute Gasteiger partial charge is 0.496 e. The molecule has 0 aromatic heterocycles. The number of hydrogen-bond donors (Lipinski definition) is 1. The summed E-state index contributed by atoms with van der Waals surface area (Å²) in [4.78, 5) is 11.8. The van der Waals surface area contributed by atoms with Crippen molar-refractivity contribution in [3.05, 3.63) is 28.2 Å². The molecular weight excluding hydrogens is 324 g/mol. The summed E-state index contributed by atoms with van der Waals surface area (Å²) in [6, 6.07) is 5.73. The molecule has 0 spiro atoms. The van der Waals surface area contributed by atoms with Crippen molar-refractivity contribution < 1.29 is 19.4 Å². The first-order valence-electron chi connectivity index (χ1n) is 6.76. The number of ether oxygens (including phenoxy) is 2. The number of carboxylic acids is 1. The van der Waals surface area contributed by atoms with Crippen molar-refractivity contribution in [3.8, 4) is 5.75 Å². The van der Waals surface area contributed by atoms with Crippen LogP contribution in [0.25, 0.3) is 0 Å². The van der Waals surface area contributed by atoms with Gasteiger partial charge in [0.15, 0.2) is 0 Å². The van der Waals surface area contributed by atoms with Crippen molar-refractivity contribution in [1.82, 2.24) is 0 Å². The quantitative estimate of drug-likeness (QED) is 0.915. The molecule has 3 unspecified atom stereocenters. The number of rotatable bonds is 4. The topological polar surface area (TPSA) is 55.8 Å². The van der Waals surface area contributed by atoms with Gasteiger partial charge in [-0.3, -0.25) is 4.79 Å². The SMILES string of the molecule is COc1ccc(CC2(C(=O)O)CC3CCC2O3)cc1Br. The van der Waals surface area contributed by atoms with E-state index in [1.165, 1.54) is 0 Å². The van der Waals surface area contributed by atoms with Gasteiger partial charge in [0, 0.05) is 0 Å². The molecule has 0 aliphatic carbocycles. The molecule has 0 radical (unpaired) electrons. The zero-order valence-electron chi connectivity index (χ0n) is 11.3. The fourth-order valence-corrected chi connectivity index (χ4v) is 4.06. The van der Waals surface area contributed by atoms with E-state index in [-0.39, 0.29) is 12.2 Å². The first-order valence-corrected chi connectivity index (χ1v) is 7.56. The van der Waals surface area contributed by atoms with Crippen molar-refractivity contribution in [3.63, 3.8) is 0 Å². The maximum Gasteiger partial charge on any atom is 0.312 e. The Morgan fingerprint density at radius 3 is 2.85 bits per heavy atom. The number of carboxylic acid groups (broad SMARTS) is 1. The van der Waals surface area contributed by atoms with Gasteiger partial charge in [-0.15, -0.1) is 0 Å². The van der Waals surface area contributed by atoms with Crippen LogP contribution in [0.4, 0.5) is 0 Å². The molecule has 3 rings (SSSR count). The first kappa shape index (κ1) is 13.9. The molecule has 1 aromatic carbocycles. The fourth-order valence-electron chi connectivity index (χ4n) is 3.47. The molecule has 2 heterocycles. The minimum Gasteiger partial charge on any atom is -0.496 e. The average Bonchev–Trinajstić information content (AvgIpc) is 3.00. The van der Waals surface area contributed by atoms with Crippen molar-refractivity contribution in [1.29, 1.82) is 0 Å². The second-order valence-electron chi connectivity index (χ2n) is 5.64. The Hall–Kier alpha value is -1.07. The molecule has 0 amide bonds. The van der Waals surface area contributed by atoms with Gasteiger partial charge >= 0.3 is 5.97 Å². The van der Waals surface area contributed by atoms with Gasteiger partial charge in [-0.2, -0.15) is 0 Å². The van der Waals surface area contributed by atoms with E-state index in [9.17, 15) is 9.90 Å². The molecule has 2 fully saturated rings. The van der Waals surface area contributed by atoms with E-state index in [1.54, 1.807) is 7.11 Å². The predicted molar refractivity (Wildman–Crippen MR) is 77.0 cm³/mol. The van der Waals surface area contributed by atoms with Crippen molar-refractivity contribution in [2.45, 2.75) is 37.9 Å². The van der Waals surface area contributed by atoms with Crippen LogP contribution in [0.1, 0.15) is 24.8 Å². The van der Waals surface area contributed by atoms with Gasteiger partial charge in [0.25, 0.3) is 0 Å². The van der Waals surface area contributed by atoms with E-state index >= 15 is 0 Å². The molecule has 2 aliphatic rings. The van der Waals surface area contributed by atoms with Gasteiger partial charge in [-0.25, -0.2) is 0 Å². The summed E-state index contributed by atoms with van der Waals surface area (Å²) in [5, 5.41) is 9.70. The number of fused-ring (bicyclic) bond motifs is 2. The minimum atomic E-state index is -0.767. The standard InChI is InChI=1S/C15H17BrO4/c1-19-12-4-2-9(6-11(12)16)7-15(14(17)18)8-10-3-5-13(15)20-10/h2,4,6,10,13H,3,5,7-8H2,1H3,(H,17,18). The summed E-state index contributed by atoms with van der Waals surface area (Å²) in [6.07, 6.45) is 2.95. The van der Waals surface area contributed by atoms with Crippen LogP contribution in [-0.2, 0) is 16.0 Å². The predicted octanol–water partition coefficient (Wildman–Crippen LogP) is 3.02. The Balaban J connectivity index is 1.88. The van der Waals surface area contributed by atoms with Crippen LogP contribution in [0.2, 0.25) is 0 Å². The highest BCUT2D eigenvalue weighted by Crippen LogP contribution is 2.50. The zero-order chi connectivity index (χ0) is 14.3. The minimum absolute atomic E-state index is 0.123. The maximum absolute atomic E-state index is 11.8. The summed E-state index contributed by atoms with van der Waals surface area (Å²) in [7, 11) is 1.61. The second kappa shape index (κ2) is 5.04. The Morgan fingerprint density at radius 2 is 2.35 bits per heavy atom. The molecule has 5 heteroatoms. The number of methoxy groups -OCH3 is 1. The summed E-state index contributed by atoms with van der Waals surface area (Å²) in [5.41, 5.74) is 0.230. The third kappa shape index (κ3) is 2.13. The van der Waals surface area contributed by atoms with Crippen LogP contribution in [0, 0.1) is 5.41 Å². The lowest BCUT2D eigenvalue weighted by Crippen LogP contribution is -2.42. The van der Waals surface area contributed by atoms with E-state index in [4.69, 9.17) is 9.47 Å². The van der Waals surface area contributed by atoms with Gasteiger partial charge in [0.2, 0.25) is 0 Å². The van der Waals surface area contributed by atoms with E-state index in [0.717, 1.165) is 28.6 Å². The van der Waals surface area contributed by atoms with Crippen LogP contribution in [0.5, 0.6) is 5.75 Å². The summed E-state index contributed by atoms with van der Waals surface area (Å²) in [6.45, 7) is 0. The van der Waals surface area contributed by atoms with Gasteiger partial charge in [0.05, 0.1) is 23.8 Å². The number of aliphatic carboxylic acids is 1. The van der Waals surface area contributed by atoms with Crippen molar-refractivity contribution in [2.24, 2.45) is 5.41 Å². The molecule has 20 heavy (non-hydrogen) atoms. The lowest BCUT2D eigenvalue weighted by molar-refractivity contribution is -0.152. The molecular formula is C15H17BrO4. The summed E-state index contributed by atoms with van der Waals surface area (Å²) in [5.74, 6) is 0.0129. The number of benzene rings is 1. The second-order valence-corrected chi connectivity index (χ2v) is 6.49. The molecule has 108 valence electrons. The third-order valence-electron chi connectivity index (χ3n) is 4.48. The maximum atomic E-state index is 11.8. The lowest BCUT2D eigenvalue weighted by Gasteiger charge is -2.31. The normalized spacial score (nSPS) is 31.5. The molecule has 2 saturated heterocycles. The van der Waals surface area contributed by atoms with Crippen LogP contribution >= 0.6 is 15.9 Å². The van der Waals surface area contributed by atoms with Crippen molar-refractivity contribution in [2.75, 3.05) is 7.11 Å². The Morgan fingerprint density at radius 1 is 1.55 bits per heavy atom. The highest BCUT2D eigenvalue weighted by atomic mass is 79.9. The van der Waals surface area contributed by atoms with Gasteiger partial charge in [-0.1, -0.05) is 6.07 Å². The van der Waals surface area contributed by atoms with Crippen LogP contribution in [-0.4, -0.2) is 30.4 Å². The third-order valence-corrected chi connectivity index (χ3v) is 5.10. The van der Waals surface area contributed by atoms with Crippen LogP contribution in [0.3, 0.4) is 0 Å². The Labute approximate surface area is 126 Å². The van der Waals surface area contributed by atoms with Gasteiger partial charge < -0.3 is 14.6 Å². The molecule has 2 aliphatic heterocycles. The van der Waals surface area contributed by atoms with E-state index in [1.807, 2.05) is 18.2 Å². The van der Waals surface area contributed by atoms with Crippen molar-refractivity contribution >= 4 is 21.9 Å². The monoisotopic (exact) mass is 340 g/mol. The zero-order valence-corrected chi connectivity index (χ0v) is 12.9. The van der Waals surface area contributed by atoms with Gasteiger partial charge in [-0.05, 0) is 59.3 Å². The molecule has 4 nitrogen and oxygen atoms in total. The molecule has 0 saturated carbocycles. The van der Waals surface area contributed by atoms with Crippen LogP contribution in [0.15, 0.2) is 22.7 Å². The summed E-state index contributed by atoms with van der Waals surface area (Å²) < 4.78 is 11.8. The smallest absolute Gasteiger partial charge is 0.312 e. The Kier molecular flexibility index (Phi) is 3.50. The number of halogens is 1. The molecule has 3 atom stereocenters. The Bertz CT molecular complexity index is 545. The number of hydrogen-bond acceptors (Lipinski definition) is 3. The fraction of sp³-hybridized carbons (Fsp3) is 0.533. The highest BCUT2D eigenvalue weighted by molar-refractivity contribution is 9.10.